The van der Waals surface area contributed by atoms with Gasteiger partial charge in [-0.3, -0.25) is 19.1 Å². The molecule has 9 nitrogen and oxygen atoms in total. The lowest BCUT2D eigenvalue weighted by Crippen LogP contribution is -2.64. The summed E-state index contributed by atoms with van der Waals surface area (Å²) in [7, 11) is 4.06. The topological polar surface area (TPSA) is 77.8 Å². The Morgan fingerprint density at radius 2 is 1.85 bits per heavy atom. The second-order valence-electron chi connectivity index (χ2n) is 14.6. The minimum atomic E-state index is -0.519. The Balaban J connectivity index is 1.58. The summed E-state index contributed by atoms with van der Waals surface area (Å²) >= 11 is 6.75. The van der Waals surface area contributed by atoms with Gasteiger partial charge >= 0.3 is 0 Å². The molecule has 1 fully saturated rings. The van der Waals surface area contributed by atoms with Gasteiger partial charge in [0.25, 0.3) is 5.56 Å². The zero-order chi connectivity index (χ0) is 37.0. The summed E-state index contributed by atoms with van der Waals surface area (Å²) in [6.45, 7) is 14.7. The fraction of sp³-hybridized carbons (Fsp3) is 0.366. The molecule has 0 bridgehead atoms. The Labute approximate surface area is 308 Å². The normalized spacial score (nSPS) is 17.3. The third kappa shape index (κ3) is 6.01. The van der Waals surface area contributed by atoms with Gasteiger partial charge in [0, 0.05) is 59.8 Å². The van der Waals surface area contributed by atoms with Gasteiger partial charge in [0.1, 0.15) is 17.2 Å². The van der Waals surface area contributed by atoms with Crippen LogP contribution in [0, 0.1) is 12.7 Å². The number of pyridine rings is 3. The number of fused-ring (bicyclic) bond motifs is 6. The molecule has 0 aliphatic carbocycles. The summed E-state index contributed by atoms with van der Waals surface area (Å²) in [5.74, 6) is -0.660. The number of piperazine rings is 1. The molecule has 2 unspecified atom stereocenters. The number of anilines is 2. The summed E-state index contributed by atoms with van der Waals surface area (Å²) in [4.78, 5) is 46.6. The van der Waals surface area contributed by atoms with Crippen LogP contribution >= 0.6 is 11.6 Å². The van der Waals surface area contributed by atoms with Gasteiger partial charge in [-0.15, -0.1) is 0 Å². The van der Waals surface area contributed by atoms with Crippen molar-refractivity contribution in [3.05, 3.63) is 99.8 Å². The second-order valence-corrected chi connectivity index (χ2v) is 15.0. The summed E-state index contributed by atoms with van der Waals surface area (Å²) in [6, 6.07) is 14.3. The molecule has 1 amide bonds. The molecular weight excluding hydrogens is 677 g/mol. The smallest absolute Gasteiger partial charge is 0.282 e. The van der Waals surface area contributed by atoms with Gasteiger partial charge in [-0.25, -0.2) is 9.37 Å². The van der Waals surface area contributed by atoms with E-state index in [0.717, 1.165) is 29.6 Å². The predicted molar refractivity (Wildman–Crippen MR) is 210 cm³/mol. The molecule has 0 radical (unpaired) electrons. The SMILES string of the molecule is C=CC(=O)N1CC2CN(CCCN(C)C)c3c(c4cc(F)c(-c5cccc6cccc(Cl)c56)nc4n(-c4c(C)ccnc4C(C)C)c3=O)N2CC1C. The molecule has 0 saturated carbocycles. The number of hydrogen-bond acceptors (Lipinski definition) is 7. The van der Waals surface area contributed by atoms with Gasteiger partial charge in [-0.1, -0.05) is 62.4 Å². The van der Waals surface area contributed by atoms with Crippen molar-refractivity contribution in [2.75, 3.05) is 56.6 Å². The number of hydrogen-bond donors (Lipinski definition) is 0. The van der Waals surface area contributed by atoms with Crippen molar-refractivity contribution in [1.82, 2.24) is 24.3 Å². The van der Waals surface area contributed by atoms with Crippen LogP contribution in [0.2, 0.25) is 5.02 Å². The highest BCUT2D eigenvalue weighted by Gasteiger charge is 2.42. The Morgan fingerprint density at radius 3 is 2.56 bits per heavy atom. The number of rotatable bonds is 8. The molecule has 1 saturated heterocycles. The lowest BCUT2D eigenvalue weighted by atomic mass is 9.97. The molecule has 2 aliphatic heterocycles. The van der Waals surface area contributed by atoms with Crippen molar-refractivity contribution in [3.63, 3.8) is 0 Å². The van der Waals surface area contributed by atoms with Crippen molar-refractivity contribution >= 4 is 50.7 Å². The number of carbonyl (C=O) groups excluding carboxylic acids is 1. The molecule has 52 heavy (non-hydrogen) atoms. The van der Waals surface area contributed by atoms with Crippen molar-refractivity contribution in [2.45, 2.75) is 52.1 Å². The van der Waals surface area contributed by atoms with Crippen LogP contribution in [-0.2, 0) is 4.79 Å². The van der Waals surface area contributed by atoms with Crippen LogP contribution in [0.3, 0.4) is 0 Å². The molecule has 2 atom stereocenters. The average molecular weight is 722 g/mol. The van der Waals surface area contributed by atoms with Gasteiger partial charge in [0.2, 0.25) is 5.91 Å². The molecule has 0 N–H and O–H groups in total. The quantitative estimate of drug-likeness (QED) is 0.157. The molecule has 11 heteroatoms. The average Bonchev–Trinajstić information content (AvgIpc) is 3.11. The number of aryl methyl sites for hydroxylation is 1. The first-order chi connectivity index (χ1) is 24.9. The van der Waals surface area contributed by atoms with Gasteiger partial charge in [-0.2, -0.15) is 0 Å². The maximum atomic E-state index is 17.0. The number of amides is 1. The molecule has 5 aromatic rings. The van der Waals surface area contributed by atoms with Crippen LogP contribution in [0.15, 0.2) is 72.2 Å². The Morgan fingerprint density at radius 1 is 1.10 bits per heavy atom. The van der Waals surface area contributed by atoms with Gasteiger partial charge in [0.05, 0.1) is 23.1 Å². The fourth-order valence-corrected chi connectivity index (χ4v) is 8.31. The minimum absolute atomic E-state index is 0.0124. The van der Waals surface area contributed by atoms with Crippen LogP contribution in [0.25, 0.3) is 38.8 Å². The first-order valence-electron chi connectivity index (χ1n) is 17.9. The summed E-state index contributed by atoms with van der Waals surface area (Å²) in [5, 5.41) is 2.56. The lowest BCUT2D eigenvalue weighted by molar-refractivity contribution is -0.128. The van der Waals surface area contributed by atoms with Crippen LogP contribution in [0.1, 0.15) is 44.4 Å². The van der Waals surface area contributed by atoms with Crippen molar-refractivity contribution in [1.29, 1.82) is 0 Å². The van der Waals surface area contributed by atoms with Crippen LogP contribution in [0.4, 0.5) is 15.8 Å². The van der Waals surface area contributed by atoms with E-state index in [0.29, 0.717) is 70.2 Å². The van der Waals surface area contributed by atoms with E-state index in [2.05, 4.69) is 35.1 Å². The van der Waals surface area contributed by atoms with E-state index in [4.69, 9.17) is 21.6 Å². The monoisotopic (exact) mass is 721 g/mol. The molecule has 5 heterocycles. The van der Waals surface area contributed by atoms with E-state index < -0.39 is 5.82 Å². The third-order valence-corrected chi connectivity index (χ3v) is 10.8. The molecule has 7 rings (SSSR count). The van der Waals surface area contributed by atoms with E-state index in [1.807, 2.05) is 69.2 Å². The molecule has 2 aliphatic rings. The summed E-state index contributed by atoms with van der Waals surface area (Å²) in [5.41, 5.74) is 4.19. The Hall–Kier alpha value is -4.80. The van der Waals surface area contributed by atoms with Crippen LogP contribution < -0.4 is 15.4 Å². The zero-order valence-electron chi connectivity index (χ0n) is 30.7. The van der Waals surface area contributed by atoms with E-state index >= 15 is 9.18 Å². The van der Waals surface area contributed by atoms with Crippen molar-refractivity contribution in [2.24, 2.45) is 0 Å². The van der Waals surface area contributed by atoms with Crippen LogP contribution in [-0.4, -0.2) is 89.1 Å². The highest BCUT2D eigenvalue weighted by Crippen LogP contribution is 2.44. The minimum Gasteiger partial charge on any atom is -0.363 e. The van der Waals surface area contributed by atoms with Gasteiger partial charge in [0.15, 0.2) is 5.65 Å². The predicted octanol–water partition coefficient (Wildman–Crippen LogP) is 7.19. The fourth-order valence-electron chi connectivity index (χ4n) is 8.02. The van der Waals surface area contributed by atoms with E-state index in [9.17, 15) is 4.79 Å². The van der Waals surface area contributed by atoms with Gasteiger partial charge < -0.3 is 19.6 Å². The number of halogens is 2. The third-order valence-electron chi connectivity index (χ3n) is 10.5. The standard InChI is InChI=1S/C41H45ClFN7O2/c1-8-33(51)48-23-28-22-47(19-11-18-46(6)7)39-38(49(28)21-26(48)5)30-20-32(43)36(29-14-9-12-27-13-10-15-31(42)34(27)29)45-40(30)50(41(39)52)37-25(4)16-17-44-35(37)24(2)3/h8-10,12-17,20,24,26,28H,1,11,18-19,21-23H2,2-7H3. The number of aromatic nitrogens is 3. The Kier molecular flexibility index (Phi) is 9.56. The van der Waals surface area contributed by atoms with E-state index in [-0.39, 0.29) is 35.2 Å². The largest absolute Gasteiger partial charge is 0.363 e. The molecule has 270 valence electrons. The molecular formula is C41H45ClFN7O2. The van der Waals surface area contributed by atoms with Crippen LogP contribution in [0.5, 0.6) is 0 Å². The summed E-state index contributed by atoms with van der Waals surface area (Å²) in [6.07, 6.45) is 3.92. The second kappa shape index (κ2) is 14.0. The summed E-state index contributed by atoms with van der Waals surface area (Å²) < 4.78 is 18.6. The first-order valence-corrected chi connectivity index (χ1v) is 18.3. The number of nitrogens with zero attached hydrogens (tertiary/aromatic N) is 7. The highest BCUT2D eigenvalue weighted by atomic mass is 35.5. The Bertz CT molecular complexity index is 2280. The molecule has 2 aromatic carbocycles. The molecule has 0 spiro atoms. The van der Waals surface area contributed by atoms with Gasteiger partial charge in [-0.05, 0) is 82.1 Å². The maximum Gasteiger partial charge on any atom is 0.282 e. The van der Waals surface area contributed by atoms with Crippen molar-refractivity contribution < 1.29 is 9.18 Å². The maximum absolute atomic E-state index is 17.0. The molecule has 3 aromatic heterocycles. The number of carbonyl (C=O) groups is 1. The van der Waals surface area contributed by atoms with Crippen molar-refractivity contribution in [3.8, 4) is 16.9 Å². The first kappa shape index (κ1) is 35.6. The number of benzene rings is 2. The highest BCUT2D eigenvalue weighted by molar-refractivity contribution is 6.36. The zero-order valence-corrected chi connectivity index (χ0v) is 31.4. The van der Waals surface area contributed by atoms with E-state index in [1.165, 1.54) is 12.1 Å². The lowest BCUT2D eigenvalue weighted by Gasteiger charge is -2.51. The van der Waals surface area contributed by atoms with E-state index in [1.54, 1.807) is 16.8 Å².